The summed E-state index contributed by atoms with van der Waals surface area (Å²) >= 11 is 1.44. The van der Waals surface area contributed by atoms with Crippen LogP contribution in [0.5, 0.6) is 0 Å². The van der Waals surface area contributed by atoms with Gasteiger partial charge in [-0.2, -0.15) is 11.8 Å². The van der Waals surface area contributed by atoms with Crippen molar-refractivity contribution in [1.29, 1.82) is 0 Å². The molecule has 8 nitrogen and oxygen atoms in total. The summed E-state index contributed by atoms with van der Waals surface area (Å²) in [4.78, 5) is 38.7. The van der Waals surface area contributed by atoms with Gasteiger partial charge in [0, 0.05) is 17.5 Å². The van der Waals surface area contributed by atoms with Gasteiger partial charge in [0.25, 0.3) is 0 Å². The van der Waals surface area contributed by atoms with Crippen LogP contribution in [-0.4, -0.2) is 64.8 Å². The summed E-state index contributed by atoms with van der Waals surface area (Å²) in [5.74, 6) is -0.611. The van der Waals surface area contributed by atoms with Crippen LogP contribution in [0.25, 0.3) is 0 Å². The molecule has 0 aromatic heterocycles. The van der Waals surface area contributed by atoms with Crippen LogP contribution >= 0.6 is 11.8 Å². The summed E-state index contributed by atoms with van der Waals surface area (Å²) in [5.41, 5.74) is 6.05. The van der Waals surface area contributed by atoms with E-state index in [9.17, 15) is 14.4 Å². The second kappa shape index (κ2) is 11.4. The van der Waals surface area contributed by atoms with E-state index in [0.29, 0.717) is 18.7 Å². The molecule has 1 aliphatic rings. The van der Waals surface area contributed by atoms with Gasteiger partial charge in [-0.15, -0.1) is 0 Å². The van der Waals surface area contributed by atoms with Crippen LogP contribution in [0.4, 0.5) is 4.79 Å². The first-order valence-electron chi connectivity index (χ1n) is 10.3. The summed E-state index contributed by atoms with van der Waals surface area (Å²) in [6.07, 6.45) is -0.167. The summed E-state index contributed by atoms with van der Waals surface area (Å²) < 4.78 is 15.9. The van der Waals surface area contributed by atoms with Crippen molar-refractivity contribution >= 4 is 29.8 Å². The van der Waals surface area contributed by atoms with Gasteiger partial charge in [-0.25, -0.2) is 9.59 Å². The molecule has 0 radical (unpaired) electrons. The smallest absolute Gasteiger partial charge is 0.411 e. The first kappa shape index (κ1) is 25.0. The summed E-state index contributed by atoms with van der Waals surface area (Å²) in [6, 6.07) is 7.83. The highest BCUT2D eigenvalue weighted by atomic mass is 32.2. The Hall–Kier alpha value is -2.26. The van der Waals surface area contributed by atoms with Gasteiger partial charge in [-0.3, -0.25) is 9.69 Å². The third kappa shape index (κ3) is 8.06. The summed E-state index contributed by atoms with van der Waals surface area (Å²) in [6.45, 7) is 7.74. The number of rotatable bonds is 8. The van der Waals surface area contributed by atoms with Crippen LogP contribution in [0.15, 0.2) is 30.3 Å². The Morgan fingerprint density at radius 2 is 1.87 bits per heavy atom. The molecule has 1 heterocycles. The van der Waals surface area contributed by atoms with E-state index in [-0.39, 0.29) is 18.5 Å². The van der Waals surface area contributed by atoms with Gasteiger partial charge < -0.3 is 19.9 Å². The third-order valence-electron chi connectivity index (χ3n) is 4.49. The van der Waals surface area contributed by atoms with Crippen molar-refractivity contribution in [3.8, 4) is 0 Å². The number of nitrogens with zero attached hydrogens (tertiary/aromatic N) is 1. The van der Waals surface area contributed by atoms with E-state index in [2.05, 4.69) is 0 Å². The fourth-order valence-corrected chi connectivity index (χ4v) is 4.25. The molecule has 1 aliphatic heterocycles. The maximum absolute atomic E-state index is 12.8. The van der Waals surface area contributed by atoms with E-state index in [1.165, 1.54) is 16.7 Å². The quantitative estimate of drug-likeness (QED) is 0.474. The van der Waals surface area contributed by atoms with Gasteiger partial charge in [0.15, 0.2) is 0 Å². The molecule has 2 N–H and O–H groups in total. The van der Waals surface area contributed by atoms with E-state index in [1.54, 1.807) is 27.7 Å². The van der Waals surface area contributed by atoms with E-state index >= 15 is 0 Å². The van der Waals surface area contributed by atoms with Crippen LogP contribution in [0, 0.1) is 0 Å². The Kier molecular flexibility index (Phi) is 9.18. The fraction of sp³-hybridized carbons (Fsp3) is 0.591. The number of carbonyl (C=O) groups excluding carboxylic acids is 3. The molecule has 172 valence electrons. The van der Waals surface area contributed by atoms with Crippen LogP contribution in [-0.2, 0) is 30.4 Å². The molecule has 1 fully saturated rings. The lowest BCUT2D eigenvalue weighted by atomic mass is 10.2. The van der Waals surface area contributed by atoms with Gasteiger partial charge in [0.05, 0.1) is 6.61 Å². The van der Waals surface area contributed by atoms with E-state index in [4.69, 9.17) is 19.9 Å². The van der Waals surface area contributed by atoms with Crippen molar-refractivity contribution in [3.05, 3.63) is 35.9 Å². The minimum absolute atomic E-state index is 0.0812. The van der Waals surface area contributed by atoms with E-state index in [0.717, 1.165) is 5.56 Å². The van der Waals surface area contributed by atoms with Crippen LogP contribution < -0.4 is 5.73 Å². The van der Waals surface area contributed by atoms with Crippen molar-refractivity contribution < 1.29 is 28.6 Å². The Morgan fingerprint density at radius 1 is 1.19 bits per heavy atom. The predicted octanol–water partition coefficient (Wildman–Crippen LogP) is 2.73. The molecule has 0 saturated carbocycles. The topological polar surface area (TPSA) is 108 Å². The van der Waals surface area contributed by atoms with E-state index in [1.807, 2.05) is 30.3 Å². The number of carbonyl (C=O) groups is 3. The lowest BCUT2D eigenvalue weighted by molar-refractivity contribution is -0.150. The van der Waals surface area contributed by atoms with E-state index < -0.39 is 35.7 Å². The average molecular weight is 453 g/mol. The largest absolute Gasteiger partial charge is 0.465 e. The van der Waals surface area contributed by atoms with Crippen LogP contribution in [0.3, 0.4) is 0 Å². The van der Waals surface area contributed by atoms with Crippen molar-refractivity contribution in [3.63, 3.8) is 0 Å². The van der Waals surface area contributed by atoms with Crippen LogP contribution in [0.1, 0.15) is 39.7 Å². The molecule has 9 heteroatoms. The number of nitrogens with two attached hydrogens (primary N) is 1. The first-order chi connectivity index (χ1) is 14.6. The highest BCUT2D eigenvalue weighted by Gasteiger charge is 2.42. The monoisotopic (exact) mass is 452 g/mol. The Balaban J connectivity index is 2.02. The van der Waals surface area contributed by atoms with Crippen molar-refractivity contribution in [2.45, 2.75) is 63.7 Å². The molecule has 2 rings (SSSR count). The SMILES string of the molecule is CCOC(=O)[C@@H](N)CS[C@@H]1C[C@@H](C(=O)OCc2ccccc2)N(C(=O)OC(C)(C)C)C1. The maximum atomic E-state index is 12.8. The standard InChI is InChI=1S/C22H32N2O6S/c1-5-28-19(25)17(23)14-31-16-11-18(24(12-16)21(27)30-22(2,3)4)20(26)29-13-15-9-7-6-8-10-15/h6-10,16-18H,5,11-14,23H2,1-4H3/t16-,17+,18+/m1/s1. The second-order valence-electron chi connectivity index (χ2n) is 8.29. The Bertz CT molecular complexity index is 752. The zero-order valence-electron chi connectivity index (χ0n) is 18.5. The maximum Gasteiger partial charge on any atom is 0.411 e. The first-order valence-corrected chi connectivity index (χ1v) is 11.4. The number of thioether (sulfide) groups is 1. The van der Waals surface area contributed by atoms with Gasteiger partial charge in [-0.1, -0.05) is 30.3 Å². The molecule has 0 spiro atoms. The normalized spacial score (nSPS) is 19.6. The van der Waals surface area contributed by atoms with Crippen molar-refractivity contribution in [2.24, 2.45) is 5.73 Å². The highest BCUT2D eigenvalue weighted by Crippen LogP contribution is 2.30. The highest BCUT2D eigenvalue weighted by molar-refractivity contribution is 8.00. The van der Waals surface area contributed by atoms with Gasteiger partial charge in [-0.05, 0) is 39.7 Å². The fourth-order valence-electron chi connectivity index (χ4n) is 3.05. The lowest BCUT2D eigenvalue weighted by Crippen LogP contribution is -2.44. The Labute approximate surface area is 187 Å². The summed E-state index contributed by atoms with van der Waals surface area (Å²) in [5, 5.41) is -0.0812. The predicted molar refractivity (Wildman–Crippen MR) is 118 cm³/mol. The van der Waals surface area contributed by atoms with Crippen LogP contribution in [0.2, 0.25) is 0 Å². The second-order valence-corrected chi connectivity index (χ2v) is 9.62. The van der Waals surface area contributed by atoms with Gasteiger partial charge >= 0.3 is 18.0 Å². The number of ether oxygens (including phenoxy) is 3. The minimum atomic E-state index is -0.760. The van der Waals surface area contributed by atoms with Crippen molar-refractivity contribution in [2.75, 3.05) is 18.9 Å². The molecular formula is C22H32N2O6S. The molecule has 1 amide bonds. The molecule has 0 aliphatic carbocycles. The number of hydrogen-bond donors (Lipinski definition) is 1. The Morgan fingerprint density at radius 3 is 2.48 bits per heavy atom. The molecule has 3 atom stereocenters. The zero-order valence-corrected chi connectivity index (χ0v) is 19.4. The molecule has 1 aromatic carbocycles. The number of amides is 1. The number of esters is 2. The molecule has 31 heavy (non-hydrogen) atoms. The average Bonchev–Trinajstić information content (AvgIpc) is 3.14. The lowest BCUT2D eigenvalue weighted by Gasteiger charge is -2.27. The number of hydrogen-bond acceptors (Lipinski definition) is 8. The van der Waals surface area contributed by atoms with Gasteiger partial charge in [0.1, 0.15) is 24.3 Å². The number of benzene rings is 1. The minimum Gasteiger partial charge on any atom is -0.465 e. The van der Waals surface area contributed by atoms with Crippen molar-refractivity contribution in [1.82, 2.24) is 4.90 Å². The molecule has 0 unspecified atom stereocenters. The van der Waals surface area contributed by atoms with Gasteiger partial charge in [0.2, 0.25) is 0 Å². The molecule has 1 aromatic rings. The summed E-state index contributed by atoms with van der Waals surface area (Å²) in [7, 11) is 0. The third-order valence-corrected chi connectivity index (χ3v) is 5.85. The number of likely N-dealkylation sites (tertiary alicyclic amines) is 1. The molecule has 0 bridgehead atoms. The molecular weight excluding hydrogens is 420 g/mol. The molecule has 1 saturated heterocycles. The zero-order chi connectivity index (χ0) is 23.0.